The molecule has 0 bridgehead atoms. The second kappa shape index (κ2) is 19.9. The summed E-state index contributed by atoms with van der Waals surface area (Å²) in [6, 6.07) is 0. The van der Waals surface area contributed by atoms with Crippen molar-refractivity contribution in [2.75, 3.05) is 0 Å². The minimum atomic E-state index is -0.921. The first kappa shape index (κ1) is 23.2. The molecule has 0 N–H and O–H groups in total. The molecule has 0 aromatic rings. The van der Waals surface area contributed by atoms with Gasteiger partial charge >= 0.3 is 29.6 Å². The third-order valence-corrected chi connectivity index (χ3v) is 3.33. The number of rotatable bonds is 14. The Morgan fingerprint density at radius 1 is 0.810 bits per heavy atom. The number of hydrogen-bond acceptors (Lipinski definition) is 2. The molecule has 0 aliphatic carbocycles. The molecule has 0 heterocycles. The summed E-state index contributed by atoms with van der Waals surface area (Å²) in [5.41, 5.74) is 0. The van der Waals surface area contributed by atoms with Crippen LogP contribution in [0.1, 0.15) is 84.0 Å². The van der Waals surface area contributed by atoms with Crippen LogP contribution in [0.4, 0.5) is 0 Å². The molecule has 2 nitrogen and oxygen atoms in total. The summed E-state index contributed by atoms with van der Waals surface area (Å²) in [4.78, 5) is 10.2. The Morgan fingerprint density at radius 2 is 1.33 bits per heavy atom. The Balaban J connectivity index is 0. The zero-order chi connectivity index (χ0) is 14.9. The molecule has 0 aliphatic heterocycles. The van der Waals surface area contributed by atoms with Gasteiger partial charge in [0.1, 0.15) is 0 Å². The van der Waals surface area contributed by atoms with E-state index in [9.17, 15) is 9.90 Å². The number of allylic oxidation sites excluding steroid dienone is 4. The third-order valence-electron chi connectivity index (χ3n) is 3.33. The number of hydrogen-bond donors (Lipinski definition) is 0. The van der Waals surface area contributed by atoms with Crippen molar-refractivity contribution in [2.45, 2.75) is 84.0 Å². The van der Waals surface area contributed by atoms with Gasteiger partial charge < -0.3 is 9.90 Å². The van der Waals surface area contributed by atoms with Gasteiger partial charge in [0.05, 0.1) is 0 Å². The van der Waals surface area contributed by atoms with Crippen LogP contribution in [0.5, 0.6) is 0 Å². The Bertz CT molecular complexity index is 272. The van der Waals surface area contributed by atoms with Gasteiger partial charge in [-0.15, -0.1) is 0 Å². The molecule has 0 amide bonds. The minimum Gasteiger partial charge on any atom is -0.550 e. The van der Waals surface area contributed by atoms with Crippen molar-refractivity contribution in [1.82, 2.24) is 0 Å². The van der Waals surface area contributed by atoms with E-state index in [0.29, 0.717) is 0 Å². The fraction of sp³-hybridized carbons (Fsp3) is 0.722. The van der Waals surface area contributed by atoms with Gasteiger partial charge in [-0.1, -0.05) is 63.3 Å². The van der Waals surface area contributed by atoms with Crippen LogP contribution in [0, 0.1) is 0 Å². The number of aliphatic carboxylic acids is 1. The predicted octanol–water partition coefficient (Wildman–Crippen LogP) is 1.55. The van der Waals surface area contributed by atoms with E-state index in [-0.39, 0.29) is 36.0 Å². The number of carboxylic acid groups (broad SMARTS) is 1. The van der Waals surface area contributed by atoms with Crippen molar-refractivity contribution >= 4 is 5.97 Å². The first-order valence-electron chi connectivity index (χ1n) is 8.27. The molecule has 0 saturated heterocycles. The quantitative estimate of drug-likeness (QED) is 0.277. The fourth-order valence-electron chi connectivity index (χ4n) is 2.08. The summed E-state index contributed by atoms with van der Waals surface area (Å²) in [6.07, 6.45) is 21.9. The normalized spacial score (nSPS) is 11.1. The zero-order valence-electron chi connectivity index (χ0n) is 14.1. The molecule has 0 aliphatic rings. The molecule has 0 spiro atoms. The molecule has 21 heavy (non-hydrogen) atoms. The van der Waals surface area contributed by atoms with Crippen molar-refractivity contribution in [3.8, 4) is 0 Å². The Morgan fingerprint density at radius 3 is 1.90 bits per heavy atom. The van der Waals surface area contributed by atoms with Gasteiger partial charge in [0.25, 0.3) is 0 Å². The van der Waals surface area contributed by atoms with Crippen molar-refractivity contribution in [1.29, 1.82) is 0 Å². The molecule has 0 aromatic heterocycles. The van der Waals surface area contributed by atoms with Crippen LogP contribution in [-0.4, -0.2) is 5.97 Å². The van der Waals surface area contributed by atoms with Crippen LogP contribution < -0.4 is 34.7 Å². The van der Waals surface area contributed by atoms with Crippen molar-refractivity contribution in [3.05, 3.63) is 24.3 Å². The first-order valence-corrected chi connectivity index (χ1v) is 8.27. The van der Waals surface area contributed by atoms with E-state index in [1.165, 1.54) is 38.5 Å². The molecule has 3 heteroatoms. The average Bonchev–Trinajstić information content (AvgIpc) is 2.43. The van der Waals surface area contributed by atoms with E-state index in [2.05, 4.69) is 31.2 Å². The standard InChI is InChI=1S/C18H32O2.Na/c1-2-3-4-5-6-7-8-9-10-11-12-13-14-15-16-17-18(19)20;/h6-7,9-10H,2-5,8,11-17H2,1H3,(H,19,20);/q;+1/p-1. The van der Waals surface area contributed by atoms with Crippen LogP contribution in [-0.2, 0) is 4.79 Å². The second-order valence-corrected chi connectivity index (χ2v) is 5.35. The summed E-state index contributed by atoms with van der Waals surface area (Å²) in [6.45, 7) is 2.23. The molecular formula is C18H31NaO2. The van der Waals surface area contributed by atoms with E-state index in [1.54, 1.807) is 0 Å². The van der Waals surface area contributed by atoms with Crippen LogP contribution >= 0.6 is 0 Å². The predicted molar refractivity (Wildman–Crippen MR) is 84.4 cm³/mol. The summed E-state index contributed by atoms with van der Waals surface area (Å²) in [5, 5.41) is 10.2. The molecule has 116 valence electrons. The fourth-order valence-corrected chi connectivity index (χ4v) is 2.08. The number of carboxylic acids is 1. The molecule has 0 saturated carbocycles. The largest absolute Gasteiger partial charge is 1.00 e. The zero-order valence-corrected chi connectivity index (χ0v) is 16.1. The van der Waals surface area contributed by atoms with E-state index in [1.807, 2.05) is 0 Å². The van der Waals surface area contributed by atoms with Gasteiger partial charge in [0.2, 0.25) is 0 Å². The maximum Gasteiger partial charge on any atom is 1.00 e. The molecular weight excluding hydrogens is 271 g/mol. The minimum absolute atomic E-state index is 0. The van der Waals surface area contributed by atoms with Crippen LogP contribution in [0.3, 0.4) is 0 Å². The molecule has 0 fully saturated rings. The SMILES string of the molecule is CCCCCC=CCC=CCCCCCCCC(=O)[O-].[Na+]. The summed E-state index contributed by atoms with van der Waals surface area (Å²) in [7, 11) is 0. The first-order chi connectivity index (χ1) is 9.77. The van der Waals surface area contributed by atoms with E-state index >= 15 is 0 Å². The molecule has 0 aromatic carbocycles. The van der Waals surface area contributed by atoms with Crippen LogP contribution in [0.2, 0.25) is 0 Å². The second-order valence-electron chi connectivity index (χ2n) is 5.35. The molecule has 0 atom stereocenters. The summed E-state index contributed by atoms with van der Waals surface area (Å²) < 4.78 is 0. The average molecular weight is 302 g/mol. The van der Waals surface area contributed by atoms with Gasteiger partial charge in [0, 0.05) is 5.97 Å². The summed E-state index contributed by atoms with van der Waals surface area (Å²) >= 11 is 0. The van der Waals surface area contributed by atoms with Crippen molar-refractivity contribution < 1.29 is 39.5 Å². The molecule has 0 radical (unpaired) electrons. The van der Waals surface area contributed by atoms with Gasteiger partial charge in [-0.2, -0.15) is 0 Å². The maximum absolute atomic E-state index is 10.2. The van der Waals surface area contributed by atoms with Gasteiger partial charge in [0.15, 0.2) is 0 Å². The third kappa shape index (κ3) is 22.4. The molecule has 0 rings (SSSR count). The monoisotopic (exact) mass is 302 g/mol. The number of carbonyl (C=O) groups excluding carboxylic acids is 1. The van der Waals surface area contributed by atoms with Crippen molar-refractivity contribution in [2.24, 2.45) is 0 Å². The Labute approximate surface area is 153 Å². The van der Waals surface area contributed by atoms with E-state index < -0.39 is 5.97 Å². The van der Waals surface area contributed by atoms with Gasteiger partial charge in [-0.25, -0.2) is 0 Å². The Hall–Kier alpha value is -0.0500. The molecule has 0 unspecified atom stereocenters. The smallest absolute Gasteiger partial charge is 0.550 e. The van der Waals surface area contributed by atoms with Gasteiger partial charge in [-0.3, -0.25) is 0 Å². The maximum atomic E-state index is 10.2. The van der Waals surface area contributed by atoms with E-state index in [0.717, 1.165) is 32.1 Å². The van der Waals surface area contributed by atoms with Crippen molar-refractivity contribution in [3.63, 3.8) is 0 Å². The van der Waals surface area contributed by atoms with Crippen LogP contribution in [0.15, 0.2) is 24.3 Å². The number of unbranched alkanes of at least 4 members (excludes halogenated alkanes) is 8. The summed E-state index contributed by atoms with van der Waals surface area (Å²) in [5.74, 6) is -0.921. The van der Waals surface area contributed by atoms with Crippen LogP contribution in [0.25, 0.3) is 0 Å². The Kier molecular flexibility index (Phi) is 22.1. The topological polar surface area (TPSA) is 40.1 Å². The van der Waals surface area contributed by atoms with E-state index in [4.69, 9.17) is 0 Å². The van der Waals surface area contributed by atoms with Gasteiger partial charge in [-0.05, 0) is 44.9 Å². The number of carbonyl (C=O) groups is 1.